The molecule has 3 rings (SSSR count). The molecule has 2 unspecified atom stereocenters. The monoisotopic (exact) mass is 369 g/mol. The van der Waals surface area contributed by atoms with Crippen molar-refractivity contribution < 1.29 is 14.3 Å². The first-order valence-corrected chi connectivity index (χ1v) is 8.83. The molecular formula is C20H23N3O4. The minimum absolute atomic E-state index is 0.125. The lowest BCUT2D eigenvalue weighted by atomic mass is 10.2. The van der Waals surface area contributed by atoms with Crippen LogP contribution < -0.4 is 10.1 Å². The van der Waals surface area contributed by atoms with E-state index in [0.29, 0.717) is 18.0 Å². The molecule has 2 aromatic rings. The van der Waals surface area contributed by atoms with Crippen molar-refractivity contribution in [3.63, 3.8) is 0 Å². The number of carbonyl (C=O) groups is 1. The van der Waals surface area contributed by atoms with Gasteiger partial charge in [0.05, 0.1) is 6.61 Å². The Morgan fingerprint density at radius 3 is 2.52 bits per heavy atom. The van der Waals surface area contributed by atoms with Gasteiger partial charge in [0.2, 0.25) is 0 Å². The number of anilines is 1. The van der Waals surface area contributed by atoms with Crippen molar-refractivity contribution in [2.24, 2.45) is 11.1 Å². The lowest BCUT2D eigenvalue weighted by molar-refractivity contribution is 0.0997. The first-order chi connectivity index (χ1) is 13.1. The average Bonchev–Trinajstić information content (AvgIpc) is 3.50. The summed E-state index contributed by atoms with van der Waals surface area (Å²) in [6.45, 7) is 0.764. The van der Waals surface area contributed by atoms with Gasteiger partial charge in [-0.1, -0.05) is 12.1 Å². The highest BCUT2D eigenvalue weighted by molar-refractivity contribution is 5.68. The normalized spacial score (nSPS) is 17.7. The standard InChI is InChI=1S/C20H23N3O4/c1-21-16-5-3-14(4-6-16)12-27-20(24)23(2)19-11-15(19)13-26-18-9-7-17(22-25)8-10-18/h3-10,15,19,21H,11-13H2,1-2H3. The highest BCUT2D eigenvalue weighted by atomic mass is 16.6. The Bertz CT molecular complexity index is 777. The fraction of sp³-hybridized carbons (Fsp3) is 0.350. The second kappa shape index (κ2) is 8.53. The van der Waals surface area contributed by atoms with E-state index < -0.39 is 0 Å². The van der Waals surface area contributed by atoms with Gasteiger partial charge in [0.15, 0.2) is 0 Å². The lowest BCUT2D eigenvalue weighted by Gasteiger charge is -2.17. The van der Waals surface area contributed by atoms with Crippen LogP contribution in [0.4, 0.5) is 16.2 Å². The number of nitrogens with zero attached hydrogens (tertiary/aromatic N) is 2. The molecule has 7 nitrogen and oxygen atoms in total. The maximum Gasteiger partial charge on any atom is 0.410 e. The minimum Gasteiger partial charge on any atom is -0.493 e. The Labute approximate surface area is 158 Å². The average molecular weight is 369 g/mol. The minimum atomic E-state index is -0.332. The summed E-state index contributed by atoms with van der Waals surface area (Å²) in [5.74, 6) is 0.963. The molecule has 0 aromatic heterocycles. The van der Waals surface area contributed by atoms with Crippen LogP contribution >= 0.6 is 0 Å². The number of hydrogen-bond acceptors (Lipinski definition) is 6. The molecule has 0 bridgehead atoms. The van der Waals surface area contributed by atoms with Crippen molar-refractivity contribution in [1.82, 2.24) is 4.90 Å². The first-order valence-electron chi connectivity index (χ1n) is 8.83. The summed E-state index contributed by atoms with van der Waals surface area (Å²) >= 11 is 0. The number of nitroso groups, excluding NO2 is 1. The number of carbonyl (C=O) groups excluding carboxylic acids is 1. The van der Waals surface area contributed by atoms with Crippen LogP contribution in [0.25, 0.3) is 0 Å². The van der Waals surface area contributed by atoms with Crippen molar-refractivity contribution in [1.29, 1.82) is 0 Å². The van der Waals surface area contributed by atoms with Gasteiger partial charge in [-0.15, -0.1) is 4.91 Å². The number of hydrogen-bond donors (Lipinski definition) is 1. The van der Waals surface area contributed by atoms with Crippen LogP contribution in [-0.2, 0) is 11.3 Å². The number of rotatable bonds is 8. The zero-order valence-electron chi connectivity index (χ0n) is 15.4. The SMILES string of the molecule is CNc1ccc(COC(=O)N(C)C2CC2COc2ccc(N=O)cc2)cc1. The molecule has 0 radical (unpaired) electrons. The summed E-state index contributed by atoms with van der Waals surface area (Å²) in [7, 11) is 3.61. The summed E-state index contributed by atoms with van der Waals surface area (Å²) in [5, 5.41) is 5.90. The van der Waals surface area contributed by atoms with Gasteiger partial charge in [0.25, 0.3) is 0 Å². The largest absolute Gasteiger partial charge is 0.493 e. The predicted octanol–water partition coefficient (Wildman–Crippen LogP) is 4.16. The summed E-state index contributed by atoms with van der Waals surface area (Å²) in [4.78, 5) is 24.3. The molecule has 0 spiro atoms. The molecule has 27 heavy (non-hydrogen) atoms. The van der Waals surface area contributed by atoms with Crippen LogP contribution in [0.3, 0.4) is 0 Å². The van der Waals surface area contributed by atoms with Gasteiger partial charge >= 0.3 is 6.09 Å². The molecule has 0 heterocycles. The van der Waals surface area contributed by atoms with E-state index in [1.807, 2.05) is 31.3 Å². The van der Waals surface area contributed by atoms with Crippen LogP contribution in [0.5, 0.6) is 5.75 Å². The molecule has 1 amide bonds. The van der Waals surface area contributed by atoms with Crippen LogP contribution in [0.2, 0.25) is 0 Å². The Balaban J connectivity index is 1.40. The third kappa shape index (κ3) is 4.97. The third-order valence-corrected chi connectivity index (χ3v) is 4.68. The Kier molecular flexibility index (Phi) is 5.90. The van der Waals surface area contributed by atoms with Crippen molar-refractivity contribution >= 4 is 17.5 Å². The van der Waals surface area contributed by atoms with Gasteiger partial charge in [-0.25, -0.2) is 4.79 Å². The second-order valence-corrected chi connectivity index (χ2v) is 6.57. The molecular weight excluding hydrogens is 346 g/mol. The number of benzene rings is 2. The highest BCUT2D eigenvalue weighted by Gasteiger charge is 2.43. The van der Waals surface area contributed by atoms with Gasteiger partial charge in [0.1, 0.15) is 18.0 Å². The molecule has 2 atom stereocenters. The van der Waals surface area contributed by atoms with Crippen molar-refractivity contribution in [2.75, 3.05) is 26.0 Å². The van der Waals surface area contributed by atoms with Gasteiger partial charge < -0.3 is 19.7 Å². The fourth-order valence-corrected chi connectivity index (χ4v) is 2.84. The zero-order valence-corrected chi connectivity index (χ0v) is 15.4. The Morgan fingerprint density at radius 1 is 1.19 bits per heavy atom. The van der Waals surface area contributed by atoms with E-state index in [1.165, 1.54) is 0 Å². The number of ether oxygens (including phenoxy) is 2. The Hall–Kier alpha value is -3.09. The second-order valence-electron chi connectivity index (χ2n) is 6.57. The molecule has 2 aromatic carbocycles. The van der Waals surface area contributed by atoms with E-state index in [4.69, 9.17) is 9.47 Å². The van der Waals surface area contributed by atoms with Crippen molar-refractivity contribution in [3.8, 4) is 5.75 Å². The Morgan fingerprint density at radius 2 is 1.89 bits per heavy atom. The quantitative estimate of drug-likeness (QED) is 0.707. The van der Waals surface area contributed by atoms with Crippen LogP contribution in [0.15, 0.2) is 53.7 Å². The molecule has 1 aliphatic carbocycles. The molecule has 0 saturated heterocycles. The predicted molar refractivity (Wildman–Crippen MR) is 103 cm³/mol. The van der Waals surface area contributed by atoms with E-state index in [1.54, 1.807) is 36.2 Å². The number of nitrogens with one attached hydrogen (secondary N) is 1. The molecule has 0 aliphatic heterocycles. The maximum atomic E-state index is 12.2. The van der Waals surface area contributed by atoms with Gasteiger partial charge in [-0.05, 0) is 53.6 Å². The van der Waals surface area contributed by atoms with Crippen molar-refractivity contribution in [3.05, 3.63) is 59.0 Å². The van der Waals surface area contributed by atoms with Gasteiger partial charge in [0, 0.05) is 31.7 Å². The maximum absolute atomic E-state index is 12.2. The van der Waals surface area contributed by atoms with Crippen LogP contribution in [-0.4, -0.2) is 37.7 Å². The highest BCUT2D eigenvalue weighted by Crippen LogP contribution is 2.36. The van der Waals surface area contributed by atoms with E-state index >= 15 is 0 Å². The number of amides is 1. The fourth-order valence-electron chi connectivity index (χ4n) is 2.84. The van der Waals surface area contributed by atoms with Gasteiger partial charge in [-0.2, -0.15) is 0 Å². The molecule has 1 aliphatic rings. The summed E-state index contributed by atoms with van der Waals surface area (Å²) in [6, 6.07) is 14.5. The van der Waals surface area contributed by atoms with E-state index in [2.05, 4.69) is 10.5 Å². The molecule has 7 heteroatoms. The smallest absolute Gasteiger partial charge is 0.410 e. The zero-order chi connectivity index (χ0) is 19.2. The topological polar surface area (TPSA) is 80.2 Å². The summed E-state index contributed by atoms with van der Waals surface area (Å²) in [5.41, 5.74) is 2.33. The lowest BCUT2D eigenvalue weighted by Crippen LogP contribution is -2.31. The van der Waals surface area contributed by atoms with Crippen molar-refractivity contribution in [2.45, 2.75) is 19.1 Å². The molecule has 142 valence electrons. The molecule has 1 saturated carbocycles. The van der Waals surface area contributed by atoms with E-state index in [0.717, 1.165) is 17.7 Å². The van der Waals surface area contributed by atoms with E-state index in [-0.39, 0.29) is 24.7 Å². The third-order valence-electron chi connectivity index (χ3n) is 4.68. The summed E-state index contributed by atoms with van der Waals surface area (Å²) < 4.78 is 11.1. The summed E-state index contributed by atoms with van der Waals surface area (Å²) in [6.07, 6.45) is 0.554. The van der Waals surface area contributed by atoms with Crippen LogP contribution in [0.1, 0.15) is 12.0 Å². The van der Waals surface area contributed by atoms with Crippen LogP contribution in [0, 0.1) is 10.8 Å². The first kappa shape index (κ1) is 18.7. The van der Waals surface area contributed by atoms with E-state index in [9.17, 15) is 9.70 Å². The van der Waals surface area contributed by atoms with Gasteiger partial charge in [-0.3, -0.25) is 0 Å². The molecule has 1 N–H and O–H groups in total. The molecule has 1 fully saturated rings.